The fourth-order valence-electron chi connectivity index (χ4n) is 3.64. The molecule has 3 heterocycles. The fourth-order valence-corrected chi connectivity index (χ4v) is 3.64. The minimum Gasteiger partial charge on any atom is -0.354 e. The molecule has 1 aromatic carbocycles. The number of carbonyl (C=O) groups is 1. The number of piperazine rings is 1. The van der Waals surface area contributed by atoms with E-state index in [2.05, 4.69) is 55.4 Å². The smallest absolute Gasteiger partial charge is 0.252 e. The fraction of sp³-hybridized carbons (Fsp3) is 0.318. The summed E-state index contributed by atoms with van der Waals surface area (Å²) < 4.78 is 0. The van der Waals surface area contributed by atoms with Crippen LogP contribution in [0.5, 0.6) is 0 Å². The number of anilines is 1. The zero-order valence-electron chi connectivity index (χ0n) is 16.3. The van der Waals surface area contributed by atoms with Crippen LogP contribution in [-0.2, 0) is 0 Å². The van der Waals surface area contributed by atoms with Crippen molar-refractivity contribution in [2.75, 3.05) is 44.2 Å². The quantitative estimate of drug-likeness (QED) is 0.632. The molecule has 2 aromatic heterocycles. The summed E-state index contributed by atoms with van der Waals surface area (Å²) in [6, 6.07) is 14.0. The Balaban J connectivity index is 0.00000240. The minimum atomic E-state index is -0.0556. The number of carbonyl (C=O) groups excluding carboxylic acids is 1. The van der Waals surface area contributed by atoms with Crippen molar-refractivity contribution in [3.63, 3.8) is 0 Å². The van der Waals surface area contributed by atoms with Crippen LogP contribution in [0.15, 0.2) is 61.1 Å². The normalized spacial score (nSPS) is 14.4. The topological polar surface area (TPSA) is 61.4 Å². The Morgan fingerprint density at radius 1 is 1.00 bits per heavy atom. The molecule has 152 valence electrons. The molecule has 0 atom stereocenters. The number of hydrogen-bond acceptors (Lipinski definition) is 5. The standard InChI is InChI=1S/C22H25N5O.ClH/c28-22(19-6-3-9-23-17-19)25-10-4-12-26-13-15-27(16-14-26)21-20-7-2-1-5-18(20)8-11-24-21;/h1-3,5-9,11,17H,4,10,12-16H2,(H,25,28);1H. The summed E-state index contributed by atoms with van der Waals surface area (Å²) in [4.78, 5) is 25.5. The molecule has 0 unspecified atom stereocenters. The van der Waals surface area contributed by atoms with Crippen molar-refractivity contribution >= 4 is 34.9 Å². The van der Waals surface area contributed by atoms with Crippen molar-refractivity contribution in [2.45, 2.75) is 6.42 Å². The summed E-state index contributed by atoms with van der Waals surface area (Å²) in [7, 11) is 0. The molecule has 1 N–H and O–H groups in total. The highest BCUT2D eigenvalue weighted by molar-refractivity contribution is 5.93. The summed E-state index contributed by atoms with van der Waals surface area (Å²) in [6.45, 7) is 5.65. The third-order valence-electron chi connectivity index (χ3n) is 5.18. The molecule has 4 rings (SSSR count). The summed E-state index contributed by atoms with van der Waals surface area (Å²) in [6.07, 6.45) is 6.10. The second-order valence-corrected chi connectivity index (χ2v) is 7.04. The van der Waals surface area contributed by atoms with Gasteiger partial charge in [0.05, 0.1) is 5.56 Å². The van der Waals surface area contributed by atoms with Gasteiger partial charge in [-0.15, -0.1) is 12.4 Å². The van der Waals surface area contributed by atoms with Crippen molar-refractivity contribution in [1.82, 2.24) is 20.2 Å². The lowest BCUT2D eigenvalue weighted by Crippen LogP contribution is -2.47. The molecule has 0 aliphatic carbocycles. The summed E-state index contributed by atoms with van der Waals surface area (Å²) in [5.41, 5.74) is 0.610. The number of nitrogens with zero attached hydrogens (tertiary/aromatic N) is 4. The van der Waals surface area contributed by atoms with Gasteiger partial charge in [-0.1, -0.05) is 24.3 Å². The molecular formula is C22H26ClN5O. The average molecular weight is 412 g/mol. The molecule has 1 amide bonds. The molecule has 6 nitrogen and oxygen atoms in total. The summed E-state index contributed by atoms with van der Waals surface area (Å²) in [5.74, 6) is 1.03. The van der Waals surface area contributed by atoms with Gasteiger partial charge in [-0.2, -0.15) is 0 Å². The van der Waals surface area contributed by atoms with E-state index in [0.29, 0.717) is 12.1 Å². The van der Waals surface area contributed by atoms with E-state index in [1.807, 2.05) is 6.20 Å². The van der Waals surface area contributed by atoms with Gasteiger partial charge >= 0.3 is 0 Å². The van der Waals surface area contributed by atoms with Gasteiger partial charge in [-0.05, 0) is 36.6 Å². The van der Waals surface area contributed by atoms with Crippen molar-refractivity contribution in [3.05, 3.63) is 66.6 Å². The number of aromatic nitrogens is 2. The molecule has 1 aliphatic heterocycles. The van der Waals surface area contributed by atoms with Crippen molar-refractivity contribution in [3.8, 4) is 0 Å². The number of amides is 1. The lowest BCUT2D eigenvalue weighted by molar-refractivity contribution is 0.0951. The summed E-state index contributed by atoms with van der Waals surface area (Å²) in [5, 5.41) is 5.42. The first-order valence-corrected chi connectivity index (χ1v) is 9.80. The van der Waals surface area contributed by atoms with Crippen molar-refractivity contribution < 1.29 is 4.79 Å². The molecule has 3 aromatic rings. The van der Waals surface area contributed by atoms with E-state index in [1.165, 1.54) is 10.8 Å². The first-order valence-electron chi connectivity index (χ1n) is 9.80. The van der Waals surface area contributed by atoms with Gasteiger partial charge in [0.1, 0.15) is 5.82 Å². The number of benzene rings is 1. The Kier molecular flexibility index (Phi) is 7.38. The first-order chi connectivity index (χ1) is 13.8. The molecule has 0 spiro atoms. The predicted molar refractivity (Wildman–Crippen MR) is 119 cm³/mol. The van der Waals surface area contributed by atoms with Crippen LogP contribution in [0.1, 0.15) is 16.8 Å². The van der Waals surface area contributed by atoms with Crippen LogP contribution in [0.4, 0.5) is 5.82 Å². The van der Waals surface area contributed by atoms with Crippen LogP contribution in [-0.4, -0.2) is 60.0 Å². The minimum absolute atomic E-state index is 0. The highest BCUT2D eigenvalue weighted by atomic mass is 35.5. The number of nitrogens with one attached hydrogen (secondary N) is 1. The van der Waals surface area contributed by atoms with Crippen molar-refractivity contribution in [2.24, 2.45) is 0 Å². The maximum absolute atomic E-state index is 12.0. The second kappa shape index (κ2) is 10.2. The van der Waals surface area contributed by atoms with Crippen molar-refractivity contribution in [1.29, 1.82) is 0 Å². The Bertz CT molecular complexity index is 923. The van der Waals surface area contributed by atoms with E-state index < -0.39 is 0 Å². The monoisotopic (exact) mass is 411 g/mol. The predicted octanol–water partition coefficient (Wildman–Crippen LogP) is 2.99. The highest BCUT2D eigenvalue weighted by Gasteiger charge is 2.19. The molecule has 7 heteroatoms. The van der Waals surface area contributed by atoms with Crippen LogP contribution in [0.25, 0.3) is 10.8 Å². The lowest BCUT2D eigenvalue weighted by Gasteiger charge is -2.35. The van der Waals surface area contributed by atoms with E-state index in [4.69, 9.17) is 0 Å². The molecule has 0 bridgehead atoms. The SMILES string of the molecule is Cl.O=C(NCCCN1CCN(c2nccc3ccccc23)CC1)c1cccnc1. The van der Waals surface area contributed by atoms with Gasteiger partial charge < -0.3 is 10.2 Å². The molecule has 1 aliphatic rings. The van der Waals surface area contributed by atoms with Crippen LogP contribution in [0, 0.1) is 0 Å². The van der Waals surface area contributed by atoms with Gasteiger partial charge in [0, 0.05) is 56.7 Å². The lowest BCUT2D eigenvalue weighted by atomic mass is 10.1. The zero-order valence-corrected chi connectivity index (χ0v) is 17.1. The van der Waals surface area contributed by atoms with Crippen LogP contribution in [0.2, 0.25) is 0 Å². The Hall–Kier alpha value is -2.70. The first kappa shape index (κ1) is 21.0. The molecule has 1 fully saturated rings. The van der Waals surface area contributed by atoms with Gasteiger partial charge in [0.2, 0.25) is 0 Å². The van der Waals surface area contributed by atoms with E-state index in [-0.39, 0.29) is 18.3 Å². The van der Waals surface area contributed by atoms with E-state index >= 15 is 0 Å². The van der Waals surface area contributed by atoms with Gasteiger partial charge in [0.25, 0.3) is 5.91 Å². The molecule has 0 radical (unpaired) electrons. The number of halogens is 1. The number of pyridine rings is 2. The van der Waals surface area contributed by atoms with E-state index in [9.17, 15) is 4.79 Å². The molecule has 0 saturated carbocycles. The molecule has 1 saturated heterocycles. The third kappa shape index (κ3) is 5.22. The zero-order chi connectivity index (χ0) is 19.2. The third-order valence-corrected chi connectivity index (χ3v) is 5.18. The number of hydrogen-bond donors (Lipinski definition) is 1. The maximum Gasteiger partial charge on any atom is 0.252 e. The van der Waals surface area contributed by atoms with Gasteiger partial charge in [-0.3, -0.25) is 14.7 Å². The Morgan fingerprint density at radius 3 is 2.62 bits per heavy atom. The maximum atomic E-state index is 12.0. The largest absolute Gasteiger partial charge is 0.354 e. The number of rotatable bonds is 6. The summed E-state index contributed by atoms with van der Waals surface area (Å²) >= 11 is 0. The highest BCUT2D eigenvalue weighted by Crippen LogP contribution is 2.24. The molecule has 29 heavy (non-hydrogen) atoms. The van der Waals surface area contributed by atoms with Gasteiger partial charge in [0.15, 0.2) is 0 Å². The van der Waals surface area contributed by atoms with Crippen LogP contribution in [0.3, 0.4) is 0 Å². The number of fused-ring (bicyclic) bond motifs is 1. The Morgan fingerprint density at radius 2 is 1.83 bits per heavy atom. The van der Waals surface area contributed by atoms with Gasteiger partial charge in [-0.25, -0.2) is 4.98 Å². The van der Waals surface area contributed by atoms with E-state index in [1.54, 1.807) is 24.5 Å². The van der Waals surface area contributed by atoms with E-state index in [0.717, 1.165) is 45.0 Å². The van der Waals surface area contributed by atoms with Crippen LogP contribution < -0.4 is 10.2 Å². The van der Waals surface area contributed by atoms with Crippen LogP contribution >= 0.6 is 12.4 Å². The Labute approximate surface area is 177 Å². The second-order valence-electron chi connectivity index (χ2n) is 7.04. The average Bonchev–Trinajstić information content (AvgIpc) is 2.77. The molecular weight excluding hydrogens is 386 g/mol.